The van der Waals surface area contributed by atoms with Crippen molar-refractivity contribution in [3.05, 3.63) is 126 Å². The van der Waals surface area contributed by atoms with Gasteiger partial charge in [0.05, 0.1) is 6.33 Å². The zero-order valence-corrected chi connectivity index (χ0v) is 16.1. The third kappa shape index (κ3) is 4.79. The number of nitrogens with one attached hydrogen (secondary N) is 1. The van der Waals surface area contributed by atoms with Crippen molar-refractivity contribution in [2.45, 2.75) is 12.5 Å². The number of carbonyl (C=O) groups excluding carboxylic acids is 1. The minimum atomic E-state index is -0.0592. The molecule has 4 heteroatoms. The number of amides is 1. The lowest BCUT2D eigenvalue weighted by molar-refractivity contribution is 0.0952. The molecule has 144 valence electrons. The van der Waals surface area contributed by atoms with E-state index in [1.807, 2.05) is 71.4 Å². The van der Waals surface area contributed by atoms with Gasteiger partial charge < -0.3 is 9.88 Å². The molecule has 29 heavy (non-hydrogen) atoms. The first-order valence-corrected chi connectivity index (χ1v) is 9.72. The zero-order valence-electron chi connectivity index (χ0n) is 16.1. The number of benzene rings is 3. The van der Waals surface area contributed by atoms with Crippen LogP contribution in [0.4, 0.5) is 0 Å². The largest absolute Gasteiger partial charge is 0.351 e. The predicted molar refractivity (Wildman–Crippen MR) is 115 cm³/mol. The lowest BCUT2D eigenvalue weighted by atomic mass is 9.91. The second kappa shape index (κ2) is 9.02. The van der Waals surface area contributed by atoms with E-state index in [1.165, 1.54) is 11.1 Å². The van der Waals surface area contributed by atoms with Crippen LogP contribution in [0, 0.1) is 0 Å². The highest BCUT2D eigenvalue weighted by molar-refractivity contribution is 5.94. The maximum atomic E-state index is 12.7. The summed E-state index contributed by atoms with van der Waals surface area (Å²) >= 11 is 0. The SMILES string of the molecule is O=C(NCC(c1ccccc1)c1ccccc1)c1ccc(Cn2ccnc2)cc1. The van der Waals surface area contributed by atoms with Crippen molar-refractivity contribution in [2.75, 3.05) is 6.54 Å². The van der Waals surface area contributed by atoms with Crippen molar-refractivity contribution in [3.63, 3.8) is 0 Å². The molecule has 0 aliphatic carbocycles. The summed E-state index contributed by atoms with van der Waals surface area (Å²) in [5, 5.41) is 3.11. The molecule has 4 rings (SSSR count). The summed E-state index contributed by atoms with van der Waals surface area (Å²) in [4.78, 5) is 16.8. The van der Waals surface area contributed by atoms with Gasteiger partial charge in [0.2, 0.25) is 0 Å². The Morgan fingerprint density at radius 1 is 0.862 bits per heavy atom. The number of hydrogen-bond acceptors (Lipinski definition) is 2. The van der Waals surface area contributed by atoms with E-state index in [0.717, 1.165) is 12.1 Å². The van der Waals surface area contributed by atoms with Crippen LogP contribution < -0.4 is 5.32 Å². The summed E-state index contributed by atoms with van der Waals surface area (Å²) in [7, 11) is 0. The van der Waals surface area contributed by atoms with Crippen molar-refractivity contribution in [3.8, 4) is 0 Å². The summed E-state index contributed by atoms with van der Waals surface area (Å²) in [6.07, 6.45) is 5.47. The molecule has 3 aromatic carbocycles. The van der Waals surface area contributed by atoms with E-state index in [1.54, 1.807) is 12.5 Å². The maximum absolute atomic E-state index is 12.7. The van der Waals surface area contributed by atoms with Crippen molar-refractivity contribution >= 4 is 5.91 Å². The van der Waals surface area contributed by atoms with Crippen LogP contribution in [0.3, 0.4) is 0 Å². The topological polar surface area (TPSA) is 46.9 Å². The summed E-state index contributed by atoms with van der Waals surface area (Å²) < 4.78 is 2.00. The highest BCUT2D eigenvalue weighted by atomic mass is 16.1. The third-order valence-corrected chi connectivity index (χ3v) is 5.01. The lowest BCUT2D eigenvalue weighted by Crippen LogP contribution is -2.28. The third-order valence-electron chi connectivity index (χ3n) is 5.01. The first-order valence-electron chi connectivity index (χ1n) is 9.72. The molecule has 1 aromatic heterocycles. The highest BCUT2D eigenvalue weighted by Gasteiger charge is 2.15. The van der Waals surface area contributed by atoms with Crippen LogP contribution >= 0.6 is 0 Å². The van der Waals surface area contributed by atoms with E-state index in [9.17, 15) is 4.79 Å². The lowest BCUT2D eigenvalue weighted by Gasteiger charge is -2.19. The Kier molecular flexibility index (Phi) is 5.81. The molecule has 0 radical (unpaired) electrons. The van der Waals surface area contributed by atoms with Crippen LogP contribution in [0.15, 0.2) is 104 Å². The Morgan fingerprint density at radius 3 is 2.03 bits per heavy atom. The Balaban J connectivity index is 1.44. The van der Waals surface area contributed by atoms with E-state index < -0.39 is 0 Å². The molecule has 1 amide bonds. The molecule has 4 nitrogen and oxygen atoms in total. The number of rotatable bonds is 7. The molecule has 0 spiro atoms. The fourth-order valence-electron chi connectivity index (χ4n) is 3.45. The number of carbonyl (C=O) groups is 1. The van der Waals surface area contributed by atoms with Crippen LogP contribution in [0.5, 0.6) is 0 Å². The van der Waals surface area contributed by atoms with Crippen LogP contribution in [-0.2, 0) is 6.54 Å². The van der Waals surface area contributed by atoms with Gasteiger partial charge in [0, 0.05) is 37.0 Å². The van der Waals surface area contributed by atoms with Crippen LogP contribution in [0.1, 0.15) is 33.0 Å². The molecular formula is C25H23N3O. The van der Waals surface area contributed by atoms with Gasteiger partial charge in [0.15, 0.2) is 0 Å². The minimum absolute atomic E-state index is 0.0592. The second-order valence-corrected chi connectivity index (χ2v) is 7.02. The minimum Gasteiger partial charge on any atom is -0.351 e. The van der Waals surface area contributed by atoms with Crippen molar-refractivity contribution in [1.82, 2.24) is 14.9 Å². The van der Waals surface area contributed by atoms with Crippen molar-refractivity contribution in [2.24, 2.45) is 0 Å². The van der Waals surface area contributed by atoms with E-state index in [2.05, 4.69) is 34.6 Å². The molecule has 0 atom stereocenters. The molecule has 0 saturated carbocycles. The summed E-state index contributed by atoms with van der Waals surface area (Å²) in [5.74, 6) is 0.0536. The average Bonchev–Trinajstić information content (AvgIpc) is 3.29. The van der Waals surface area contributed by atoms with Crippen LogP contribution in [0.25, 0.3) is 0 Å². The standard InChI is InChI=1S/C25H23N3O/c29-25(23-13-11-20(12-14-23)18-28-16-15-26-19-28)27-17-24(21-7-3-1-4-8-21)22-9-5-2-6-10-22/h1-16,19,24H,17-18H2,(H,27,29). The first kappa shape index (κ1) is 18.7. The Bertz CT molecular complexity index is 987. The van der Waals surface area contributed by atoms with E-state index >= 15 is 0 Å². The highest BCUT2D eigenvalue weighted by Crippen LogP contribution is 2.23. The molecule has 0 saturated heterocycles. The van der Waals surface area contributed by atoms with E-state index in [-0.39, 0.29) is 11.8 Å². The summed E-state index contributed by atoms with van der Waals surface area (Å²) in [6, 6.07) is 28.3. The van der Waals surface area contributed by atoms with E-state index in [4.69, 9.17) is 0 Å². The fourth-order valence-corrected chi connectivity index (χ4v) is 3.45. The van der Waals surface area contributed by atoms with Gasteiger partial charge >= 0.3 is 0 Å². The van der Waals surface area contributed by atoms with Gasteiger partial charge in [-0.3, -0.25) is 4.79 Å². The van der Waals surface area contributed by atoms with Gasteiger partial charge in [-0.2, -0.15) is 0 Å². The molecular weight excluding hydrogens is 358 g/mol. The summed E-state index contributed by atoms with van der Waals surface area (Å²) in [6.45, 7) is 1.29. The smallest absolute Gasteiger partial charge is 0.251 e. The van der Waals surface area contributed by atoms with Gasteiger partial charge in [0.25, 0.3) is 5.91 Å². The molecule has 1 heterocycles. The van der Waals surface area contributed by atoms with Crippen molar-refractivity contribution in [1.29, 1.82) is 0 Å². The van der Waals surface area contributed by atoms with Gasteiger partial charge in [-0.1, -0.05) is 72.8 Å². The molecule has 0 aliphatic rings. The molecule has 0 unspecified atom stereocenters. The quantitative estimate of drug-likeness (QED) is 0.513. The van der Waals surface area contributed by atoms with Crippen LogP contribution in [-0.4, -0.2) is 22.0 Å². The number of hydrogen-bond donors (Lipinski definition) is 1. The molecule has 4 aromatic rings. The Labute approximate surface area is 170 Å². The molecule has 1 N–H and O–H groups in total. The number of aromatic nitrogens is 2. The average molecular weight is 381 g/mol. The maximum Gasteiger partial charge on any atom is 0.251 e. The van der Waals surface area contributed by atoms with Gasteiger partial charge in [-0.15, -0.1) is 0 Å². The predicted octanol–water partition coefficient (Wildman–Crippen LogP) is 4.49. The fraction of sp³-hybridized carbons (Fsp3) is 0.120. The number of imidazole rings is 1. The monoisotopic (exact) mass is 381 g/mol. The Morgan fingerprint density at radius 2 is 1.48 bits per heavy atom. The van der Waals surface area contributed by atoms with Gasteiger partial charge in [-0.05, 0) is 28.8 Å². The second-order valence-electron chi connectivity index (χ2n) is 7.02. The Hall–Kier alpha value is -3.66. The summed E-state index contributed by atoms with van der Waals surface area (Å²) in [5.41, 5.74) is 4.18. The number of nitrogens with zero attached hydrogens (tertiary/aromatic N) is 2. The first-order chi connectivity index (χ1) is 14.3. The van der Waals surface area contributed by atoms with Gasteiger partial charge in [0.1, 0.15) is 0 Å². The van der Waals surface area contributed by atoms with Crippen molar-refractivity contribution < 1.29 is 4.79 Å². The van der Waals surface area contributed by atoms with Gasteiger partial charge in [-0.25, -0.2) is 4.98 Å². The molecule has 0 aliphatic heterocycles. The van der Waals surface area contributed by atoms with E-state index in [0.29, 0.717) is 12.1 Å². The zero-order chi connectivity index (χ0) is 19.9. The normalized spacial score (nSPS) is 10.8. The van der Waals surface area contributed by atoms with Crippen LogP contribution in [0.2, 0.25) is 0 Å². The molecule has 0 bridgehead atoms. The molecule has 0 fully saturated rings.